The minimum absolute atomic E-state index is 0.109. The van der Waals surface area contributed by atoms with Gasteiger partial charge in [-0.25, -0.2) is 0 Å². The van der Waals surface area contributed by atoms with E-state index in [1.54, 1.807) is 0 Å². The van der Waals surface area contributed by atoms with Gasteiger partial charge in [0, 0.05) is 0 Å². The van der Waals surface area contributed by atoms with E-state index in [1.807, 2.05) is 0 Å². The van der Waals surface area contributed by atoms with Gasteiger partial charge in [0.1, 0.15) is 0 Å². The lowest BCUT2D eigenvalue weighted by Crippen LogP contribution is -2.14. The van der Waals surface area contributed by atoms with Crippen molar-refractivity contribution < 1.29 is 9.90 Å². The Hall–Kier alpha value is -0.530. The van der Waals surface area contributed by atoms with Crippen LogP contribution in [0.15, 0.2) is 0 Å². The van der Waals surface area contributed by atoms with Gasteiger partial charge in [-0.1, -0.05) is 181 Å². The maximum absolute atomic E-state index is 11.7. The third-order valence-corrected chi connectivity index (χ3v) is 8.06. The fourth-order valence-corrected chi connectivity index (χ4v) is 5.46. The van der Waals surface area contributed by atoms with Crippen molar-refractivity contribution in [1.29, 1.82) is 0 Å². The van der Waals surface area contributed by atoms with Crippen molar-refractivity contribution in [1.82, 2.24) is 0 Å². The van der Waals surface area contributed by atoms with Gasteiger partial charge in [0.15, 0.2) is 0 Å². The highest BCUT2D eigenvalue weighted by Crippen LogP contribution is 2.22. The van der Waals surface area contributed by atoms with Crippen molar-refractivity contribution >= 4 is 5.97 Å². The summed E-state index contributed by atoms with van der Waals surface area (Å²) in [6.07, 6.45) is 35.5. The third-order valence-electron chi connectivity index (χ3n) is 8.06. The van der Waals surface area contributed by atoms with E-state index in [1.165, 1.54) is 148 Å². The number of carboxylic acids is 1. The van der Waals surface area contributed by atoms with Gasteiger partial charge in [-0.05, 0) is 18.8 Å². The number of hydrogen-bond acceptors (Lipinski definition) is 1. The van der Waals surface area contributed by atoms with E-state index in [0.717, 1.165) is 31.6 Å². The Morgan fingerprint density at radius 2 is 0.743 bits per heavy atom. The van der Waals surface area contributed by atoms with Gasteiger partial charge in [0.05, 0.1) is 5.92 Å². The van der Waals surface area contributed by atoms with Crippen molar-refractivity contribution in [2.75, 3.05) is 0 Å². The third kappa shape index (κ3) is 26.3. The normalized spacial score (nSPS) is 13.2. The molecule has 0 saturated heterocycles. The van der Waals surface area contributed by atoms with Crippen molar-refractivity contribution in [2.45, 2.75) is 194 Å². The Bertz CT molecular complexity index is 419. The molecule has 0 spiro atoms. The first-order chi connectivity index (χ1) is 17.1. The highest BCUT2D eigenvalue weighted by molar-refractivity contribution is 5.69. The maximum Gasteiger partial charge on any atom is 0.306 e. The average molecular weight is 495 g/mol. The van der Waals surface area contributed by atoms with Crippen molar-refractivity contribution in [3.05, 3.63) is 0 Å². The monoisotopic (exact) mass is 495 g/mol. The number of carbonyl (C=O) groups is 1. The molecule has 0 aromatic carbocycles. The van der Waals surface area contributed by atoms with Crippen LogP contribution in [0.25, 0.3) is 0 Å². The molecular formula is C33H66O2. The molecule has 0 amide bonds. The number of rotatable bonds is 29. The average Bonchev–Trinajstić information content (AvgIpc) is 2.84. The minimum atomic E-state index is -0.560. The fraction of sp³-hybridized carbons (Fsp3) is 0.970. The molecule has 0 radical (unpaired) electrons. The van der Waals surface area contributed by atoms with Crippen LogP contribution in [0.1, 0.15) is 194 Å². The molecule has 0 heterocycles. The van der Waals surface area contributed by atoms with Gasteiger partial charge in [-0.15, -0.1) is 0 Å². The van der Waals surface area contributed by atoms with Crippen LogP contribution in [0.2, 0.25) is 0 Å². The minimum Gasteiger partial charge on any atom is -0.481 e. The molecule has 2 heteroatoms. The van der Waals surface area contributed by atoms with Gasteiger partial charge < -0.3 is 5.11 Å². The van der Waals surface area contributed by atoms with E-state index in [2.05, 4.69) is 20.8 Å². The zero-order valence-corrected chi connectivity index (χ0v) is 24.6. The molecule has 35 heavy (non-hydrogen) atoms. The molecule has 1 N–H and O–H groups in total. The lowest BCUT2D eigenvalue weighted by Gasteiger charge is -2.15. The molecule has 0 aliphatic carbocycles. The van der Waals surface area contributed by atoms with Crippen molar-refractivity contribution in [3.8, 4) is 0 Å². The zero-order valence-electron chi connectivity index (χ0n) is 24.6. The lowest BCUT2D eigenvalue weighted by molar-refractivity contribution is -0.142. The quantitative estimate of drug-likeness (QED) is 0.105. The molecule has 0 rings (SSSR count). The molecule has 0 aliphatic rings. The molecule has 2 nitrogen and oxygen atoms in total. The first-order valence-electron chi connectivity index (χ1n) is 16.3. The van der Waals surface area contributed by atoms with Crippen LogP contribution in [-0.2, 0) is 4.79 Å². The predicted molar refractivity (Wildman–Crippen MR) is 156 cm³/mol. The molecule has 2 atom stereocenters. The summed E-state index contributed by atoms with van der Waals surface area (Å²) in [7, 11) is 0. The van der Waals surface area contributed by atoms with Gasteiger partial charge in [-0.3, -0.25) is 4.79 Å². The second-order valence-corrected chi connectivity index (χ2v) is 11.7. The Labute approximate surface area is 221 Å². The molecule has 0 aliphatic heterocycles. The van der Waals surface area contributed by atoms with Crippen LogP contribution in [0.3, 0.4) is 0 Å². The summed E-state index contributed by atoms with van der Waals surface area (Å²) >= 11 is 0. The molecule has 0 bridgehead atoms. The van der Waals surface area contributed by atoms with Gasteiger partial charge in [0.2, 0.25) is 0 Å². The number of carboxylic acid groups (broad SMARTS) is 1. The van der Waals surface area contributed by atoms with Crippen LogP contribution >= 0.6 is 0 Å². The van der Waals surface area contributed by atoms with Crippen molar-refractivity contribution in [3.63, 3.8) is 0 Å². The Morgan fingerprint density at radius 3 is 1.11 bits per heavy atom. The molecular weight excluding hydrogens is 428 g/mol. The highest BCUT2D eigenvalue weighted by atomic mass is 16.4. The first kappa shape index (κ1) is 34.5. The second kappa shape index (κ2) is 28.0. The van der Waals surface area contributed by atoms with Crippen LogP contribution < -0.4 is 0 Å². The summed E-state index contributed by atoms with van der Waals surface area (Å²) in [6.45, 7) is 6.93. The summed E-state index contributed by atoms with van der Waals surface area (Å²) in [6, 6.07) is 0. The summed E-state index contributed by atoms with van der Waals surface area (Å²) in [5.41, 5.74) is 0. The summed E-state index contributed by atoms with van der Waals surface area (Å²) in [5, 5.41) is 9.62. The number of hydrogen-bond donors (Lipinski definition) is 1. The maximum atomic E-state index is 11.7. The first-order valence-corrected chi connectivity index (χ1v) is 16.3. The summed E-state index contributed by atoms with van der Waals surface area (Å²) < 4.78 is 0. The molecule has 210 valence electrons. The molecule has 0 saturated carbocycles. The standard InChI is InChI=1S/C33H66O2/c1-4-6-8-10-12-14-16-17-19-21-23-25-29-32(33(34)35)30-26-28-31(3)27-24-22-20-18-15-13-11-9-7-5-2/h31-32H,4-30H2,1-3H3,(H,34,35). The highest BCUT2D eigenvalue weighted by Gasteiger charge is 2.17. The number of aliphatic carboxylic acids is 1. The molecule has 0 fully saturated rings. The van der Waals surface area contributed by atoms with Crippen LogP contribution in [0.4, 0.5) is 0 Å². The fourth-order valence-electron chi connectivity index (χ4n) is 5.46. The largest absolute Gasteiger partial charge is 0.481 e. The molecule has 0 aromatic heterocycles. The van der Waals surface area contributed by atoms with Gasteiger partial charge in [0.25, 0.3) is 0 Å². The molecule has 0 aromatic rings. The van der Waals surface area contributed by atoms with E-state index in [4.69, 9.17) is 0 Å². The van der Waals surface area contributed by atoms with Crippen molar-refractivity contribution in [2.24, 2.45) is 11.8 Å². The predicted octanol–water partition coefficient (Wildman–Crippen LogP) is 11.9. The summed E-state index contributed by atoms with van der Waals surface area (Å²) in [5.74, 6) is 0.0863. The lowest BCUT2D eigenvalue weighted by atomic mass is 9.91. The van der Waals surface area contributed by atoms with Gasteiger partial charge >= 0.3 is 5.97 Å². The SMILES string of the molecule is CCCCCCCCCCCCCCC(CCCC(C)CCCCCCCCCCCC)C(=O)O. The van der Waals surface area contributed by atoms with E-state index in [-0.39, 0.29) is 5.92 Å². The zero-order chi connectivity index (χ0) is 25.8. The topological polar surface area (TPSA) is 37.3 Å². The Balaban J connectivity index is 3.55. The van der Waals surface area contributed by atoms with E-state index < -0.39 is 5.97 Å². The number of unbranched alkanes of at least 4 members (excludes halogenated alkanes) is 20. The van der Waals surface area contributed by atoms with Crippen LogP contribution in [0.5, 0.6) is 0 Å². The van der Waals surface area contributed by atoms with E-state index >= 15 is 0 Å². The summed E-state index contributed by atoms with van der Waals surface area (Å²) in [4.78, 5) is 11.7. The van der Waals surface area contributed by atoms with E-state index in [0.29, 0.717) is 0 Å². The van der Waals surface area contributed by atoms with Crippen LogP contribution in [-0.4, -0.2) is 11.1 Å². The smallest absolute Gasteiger partial charge is 0.306 e. The van der Waals surface area contributed by atoms with Crippen LogP contribution in [0, 0.1) is 11.8 Å². The Kier molecular flexibility index (Phi) is 27.6. The second-order valence-electron chi connectivity index (χ2n) is 11.7. The van der Waals surface area contributed by atoms with Gasteiger partial charge in [-0.2, -0.15) is 0 Å². The molecule has 2 unspecified atom stereocenters. The Morgan fingerprint density at radius 1 is 0.457 bits per heavy atom. The van der Waals surface area contributed by atoms with E-state index in [9.17, 15) is 9.90 Å².